The number of carbonyl (C=O) groups excluding carboxylic acids is 3. The zero-order valence-corrected chi connectivity index (χ0v) is 11.8. The molecule has 0 spiro atoms. The van der Waals surface area contributed by atoms with Gasteiger partial charge in [0.05, 0.1) is 19.2 Å². The van der Waals surface area contributed by atoms with E-state index in [1.807, 2.05) is 4.90 Å². The average molecular weight is 270 g/mol. The highest BCUT2D eigenvalue weighted by molar-refractivity contribution is 5.86. The second kappa shape index (κ2) is 7.23. The van der Waals surface area contributed by atoms with E-state index in [4.69, 9.17) is 4.74 Å². The van der Waals surface area contributed by atoms with Crippen molar-refractivity contribution >= 4 is 17.7 Å². The molecule has 1 fully saturated rings. The molecular formula is C13H22N2O4. The van der Waals surface area contributed by atoms with Crippen LogP contribution in [-0.2, 0) is 19.1 Å². The second-order valence-electron chi connectivity index (χ2n) is 4.78. The second-order valence-corrected chi connectivity index (χ2v) is 4.78. The third kappa shape index (κ3) is 4.63. The molecule has 0 aromatic carbocycles. The largest absolute Gasteiger partial charge is 0.464 e. The van der Waals surface area contributed by atoms with E-state index >= 15 is 0 Å². The van der Waals surface area contributed by atoms with Gasteiger partial charge >= 0.3 is 5.97 Å². The van der Waals surface area contributed by atoms with E-state index in [1.54, 1.807) is 20.8 Å². The minimum absolute atomic E-state index is 0.0868. The molecular weight excluding hydrogens is 248 g/mol. The summed E-state index contributed by atoms with van der Waals surface area (Å²) in [5, 5.41) is 2.58. The molecule has 0 aromatic rings. The monoisotopic (exact) mass is 270 g/mol. The van der Waals surface area contributed by atoms with Crippen molar-refractivity contribution in [1.29, 1.82) is 0 Å². The molecule has 2 atom stereocenters. The highest BCUT2D eigenvalue weighted by Crippen LogP contribution is 2.17. The molecule has 1 aliphatic heterocycles. The molecule has 0 aliphatic carbocycles. The number of amides is 1. The maximum absolute atomic E-state index is 11.8. The molecule has 0 unspecified atom stereocenters. The molecule has 1 aliphatic rings. The van der Waals surface area contributed by atoms with Gasteiger partial charge in [-0.1, -0.05) is 0 Å². The summed E-state index contributed by atoms with van der Waals surface area (Å²) in [7, 11) is 0. The van der Waals surface area contributed by atoms with Gasteiger partial charge < -0.3 is 10.1 Å². The molecule has 0 saturated carbocycles. The van der Waals surface area contributed by atoms with Gasteiger partial charge in [0.15, 0.2) is 0 Å². The number of hydrogen-bond acceptors (Lipinski definition) is 5. The van der Waals surface area contributed by atoms with E-state index < -0.39 is 12.0 Å². The van der Waals surface area contributed by atoms with Crippen molar-refractivity contribution in [2.24, 2.45) is 0 Å². The van der Waals surface area contributed by atoms with Crippen molar-refractivity contribution in [3.8, 4) is 0 Å². The Labute approximate surface area is 113 Å². The van der Waals surface area contributed by atoms with Crippen LogP contribution in [0.3, 0.4) is 0 Å². The number of nitrogens with zero attached hydrogens (tertiary/aromatic N) is 1. The van der Waals surface area contributed by atoms with Crippen LogP contribution in [0.25, 0.3) is 0 Å². The molecule has 1 heterocycles. The fourth-order valence-electron chi connectivity index (χ4n) is 2.27. The van der Waals surface area contributed by atoms with Gasteiger partial charge in [-0.2, -0.15) is 0 Å². The Morgan fingerprint density at radius 3 is 2.68 bits per heavy atom. The number of ether oxygens (including phenoxy) is 1. The lowest BCUT2D eigenvalue weighted by atomic mass is 10.1. The first kappa shape index (κ1) is 15.6. The van der Waals surface area contributed by atoms with Gasteiger partial charge in [-0.15, -0.1) is 0 Å². The first-order valence-electron chi connectivity index (χ1n) is 6.66. The van der Waals surface area contributed by atoms with Gasteiger partial charge in [0.1, 0.15) is 11.8 Å². The molecule has 1 N–H and O–H groups in total. The lowest BCUT2D eigenvalue weighted by molar-refractivity contribution is -0.147. The molecule has 108 valence electrons. The minimum atomic E-state index is -0.661. The summed E-state index contributed by atoms with van der Waals surface area (Å²) in [5.41, 5.74) is 0. The summed E-state index contributed by atoms with van der Waals surface area (Å²) in [6.07, 6.45) is 1.72. The lowest BCUT2D eigenvalue weighted by Gasteiger charge is -2.22. The normalized spacial score (nSPS) is 20.9. The van der Waals surface area contributed by atoms with E-state index in [2.05, 4.69) is 5.32 Å². The molecule has 1 rings (SSSR count). The van der Waals surface area contributed by atoms with Crippen molar-refractivity contribution in [1.82, 2.24) is 10.2 Å². The molecule has 6 heteroatoms. The van der Waals surface area contributed by atoms with Crippen LogP contribution in [0.4, 0.5) is 0 Å². The number of carbonyl (C=O) groups is 3. The van der Waals surface area contributed by atoms with Gasteiger partial charge in [-0.3, -0.25) is 14.5 Å². The van der Waals surface area contributed by atoms with Crippen molar-refractivity contribution in [3.63, 3.8) is 0 Å². The van der Waals surface area contributed by atoms with Crippen LogP contribution in [0.2, 0.25) is 0 Å². The maximum Gasteiger partial charge on any atom is 0.328 e. The Balaban J connectivity index is 2.42. The minimum Gasteiger partial charge on any atom is -0.464 e. The van der Waals surface area contributed by atoms with E-state index in [1.165, 1.54) is 0 Å². The molecule has 1 amide bonds. The SMILES string of the molecule is CCOC(=O)[C@H](C)NC(=O)CN1CCC[C@@H]1C(C)=O. The van der Waals surface area contributed by atoms with Gasteiger partial charge in [-0.25, -0.2) is 4.79 Å². The van der Waals surface area contributed by atoms with Gasteiger partial charge in [0, 0.05) is 0 Å². The van der Waals surface area contributed by atoms with Crippen LogP contribution in [-0.4, -0.2) is 54.3 Å². The Morgan fingerprint density at radius 2 is 2.11 bits per heavy atom. The third-order valence-electron chi connectivity index (χ3n) is 3.20. The first-order valence-corrected chi connectivity index (χ1v) is 6.66. The average Bonchev–Trinajstić information content (AvgIpc) is 2.77. The van der Waals surface area contributed by atoms with E-state index in [0.29, 0.717) is 0 Å². The first-order chi connectivity index (χ1) is 8.95. The number of likely N-dealkylation sites (tertiary alicyclic amines) is 1. The van der Waals surface area contributed by atoms with Crippen LogP contribution < -0.4 is 5.32 Å². The molecule has 0 radical (unpaired) electrons. The summed E-state index contributed by atoms with van der Waals surface area (Å²) >= 11 is 0. The summed E-state index contributed by atoms with van der Waals surface area (Å²) in [6, 6.07) is -0.825. The number of ketones is 1. The fraction of sp³-hybridized carbons (Fsp3) is 0.769. The molecule has 1 saturated heterocycles. The zero-order chi connectivity index (χ0) is 14.4. The van der Waals surface area contributed by atoms with Crippen molar-refractivity contribution in [3.05, 3.63) is 0 Å². The summed E-state index contributed by atoms with van der Waals surface area (Å²) < 4.78 is 4.81. The van der Waals surface area contributed by atoms with Crippen LogP contribution >= 0.6 is 0 Å². The van der Waals surface area contributed by atoms with E-state index in [9.17, 15) is 14.4 Å². The quantitative estimate of drug-likeness (QED) is 0.693. The Bertz CT molecular complexity index is 357. The Kier molecular flexibility index (Phi) is 5.95. The predicted molar refractivity (Wildman–Crippen MR) is 69.5 cm³/mol. The zero-order valence-electron chi connectivity index (χ0n) is 11.8. The van der Waals surface area contributed by atoms with Crippen molar-refractivity contribution < 1.29 is 19.1 Å². The van der Waals surface area contributed by atoms with Gasteiger partial charge in [0.2, 0.25) is 5.91 Å². The van der Waals surface area contributed by atoms with Crippen molar-refractivity contribution in [2.45, 2.75) is 45.7 Å². The lowest BCUT2D eigenvalue weighted by Crippen LogP contribution is -2.47. The summed E-state index contributed by atoms with van der Waals surface area (Å²) in [5.74, 6) is -0.613. The maximum atomic E-state index is 11.8. The molecule has 0 aromatic heterocycles. The summed E-state index contributed by atoms with van der Waals surface area (Å²) in [4.78, 5) is 36.5. The molecule has 19 heavy (non-hydrogen) atoms. The van der Waals surface area contributed by atoms with E-state index in [0.717, 1.165) is 19.4 Å². The molecule has 6 nitrogen and oxygen atoms in total. The van der Waals surface area contributed by atoms with Crippen LogP contribution in [0.15, 0.2) is 0 Å². The number of esters is 1. The topological polar surface area (TPSA) is 75.7 Å². The number of Topliss-reactive ketones (excluding diaryl/α,β-unsaturated/α-hetero) is 1. The summed E-state index contributed by atoms with van der Waals surface area (Å²) in [6.45, 7) is 6.02. The molecule has 0 bridgehead atoms. The predicted octanol–water partition coefficient (Wildman–Crippen LogP) is 0.108. The van der Waals surface area contributed by atoms with Crippen LogP contribution in [0.1, 0.15) is 33.6 Å². The van der Waals surface area contributed by atoms with E-state index in [-0.39, 0.29) is 30.9 Å². The third-order valence-corrected chi connectivity index (χ3v) is 3.20. The Hall–Kier alpha value is -1.43. The highest BCUT2D eigenvalue weighted by Gasteiger charge is 2.30. The number of hydrogen-bond donors (Lipinski definition) is 1. The standard InChI is InChI=1S/C13H22N2O4/c1-4-19-13(18)9(2)14-12(17)8-15-7-5-6-11(15)10(3)16/h9,11H,4-8H2,1-3H3,(H,14,17)/t9-,11+/m0/s1. The van der Waals surface area contributed by atoms with Gasteiger partial charge in [-0.05, 0) is 40.2 Å². The highest BCUT2D eigenvalue weighted by atomic mass is 16.5. The van der Waals surface area contributed by atoms with Crippen LogP contribution in [0, 0.1) is 0 Å². The number of nitrogens with one attached hydrogen (secondary N) is 1. The van der Waals surface area contributed by atoms with Crippen molar-refractivity contribution in [2.75, 3.05) is 19.7 Å². The fourth-order valence-corrected chi connectivity index (χ4v) is 2.27. The van der Waals surface area contributed by atoms with Crippen LogP contribution in [0.5, 0.6) is 0 Å². The van der Waals surface area contributed by atoms with Gasteiger partial charge in [0.25, 0.3) is 0 Å². The number of rotatable bonds is 6. The Morgan fingerprint density at radius 1 is 1.42 bits per heavy atom. The smallest absolute Gasteiger partial charge is 0.328 e.